The van der Waals surface area contributed by atoms with Crippen LogP contribution in [0.2, 0.25) is 0 Å². The third kappa shape index (κ3) is 3.03. The number of nitrogens with zero attached hydrogens (tertiary/aromatic N) is 2. The van der Waals surface area contributed by atoms with Gasteiger partial charge in [-0.1, -0.05) is 19.3 Å². The van der Waals surface area contributed by atoms with E-state index in [1.54, 1.807) is 0 Å². The molecule has 0 radical (unpaired) electrons. The van der Waals surface area contributed by atoms with Crippen LogP contribution in [0.25, 0.3) is 0 Å². The Morgan fingerprint density at radius 1 is 1.23 bits per heavy atom. The first kappa shape index (κ1) is 10.6. The van der Waals surface area contributed by atoms with Gasteiger partial charge in [-0.3, -0.25) is 4.68 Å². The average Bonchev–Trinajstić information content (AvgIpc) is 2.59. The Labute approximate surface area is 85.7 Å². The summed E-state index contributed by atoms with van der Waals surface area (Å²) >= 11 is 0. The molecule has 0 bridgehead atoms. The lowest BCUT2D eigenvalue weighted by Gasteiger charge is -2.21. The molecule has 1 fully saturated rings. The van der Waals surface area contributed by atoms with Crippen LogP contribution in [0.4, 0.5) is 0 Å². The fourth-order valence-corrected chi connectivity index (χ4v) is 2.04. The van der Waals surface area contributed by atoms with Gasteiger partial charge in [0.05, 0.1) is 0 Å². The summed E-state index contributed by atoms with van der Waals surface area (Å²) in [5.74, 6) is 0.888. The molecule has 1 aliphatic rings. The van der Waals surface area contributed by atoms with Crippen molar-refractivity contribution in [2.75, 3.05) is 0 Å². The van der Waals surface area contributed by atoms with Gasteiger partial charge in [0.2, 0.25) is 0 Å². The van der Waals surface area contributed by atoms with E-state index in [4.69, 9.17) is 0 Å². The van der Waals surface area contributed by atoms with Crippen LogP contribution in [0.1, 0.15) is 32.1 Å². The van der Waals surface area contributed by atoms with Gasteiger partial charge in [0, 0.05) is 18.9 Å². The third-order valence-electron chi connectivity index (χ3n) is 2.73. The fourth-order valence-electron chi connectivity index (χ4n) is 2.04. The SMILES string of the molecule is Cl.c1cnn(CC2CCCCC2)c1. The minimum absolute atomic E-state index is 0. The molecule has 0 amide bonds. The third-order valence-corrected chi connectivity index (χ3v) is 2.73. The molecule has 74 valence electrons. The minimum Gasteiger partial charge on any atom is -0.272 e. The van der Waals surface area contributed by atoms with Crippen molar-refractivity contribution >= 4 is 12.4 Å². The van der Waals surface area contributed by atoms with E-state index in [-0.39, 0.29) is 12.4 Å². The molecule has 1 aromatic heterocycles. The number of halogens is 1. The molecule has 0 saturated heterocycles. The van der Waals surface area contributed by atoms with E-state index in [0.717, 1.165) is 12.5 Å². The predicted molar refractivity (Wildman–Crippen MR) is 56.1 cm³/mol. The summed E-state index contributed by atoms with van der Waals surface area (Å²) in [4.78, 5) is 0. The van der Waals surface area contributed by atoms with E-state index in [9.17, 15) is 0 Å². The largest absolute Gasteiger partial charge is 0.272 e. The molecule has 1 aliphatic carbocycles. The van der Waals surface area contributed by atoms with Gasteiger partial charge in [-0.05, 0) is 24.8 Å². The number of rotatable bonds is 2. The quantitative estimate of drug-likeness (QED) is 0.718. The summed E-state index contributed by atoms with van der Waals surface area (Å²) in [6, 6.07) is 2.00. The van der Waals surface area contributed by atoms with E-state index in [2.05, 4.69) is 16.0 Å². The van der Waals surface area contributed by atoms with Crippen molar-refractivity contribution < 1.29 is 0 Å². The highest BCUT2D eigenvalue weighted by atomic mass is 35.5. The highest BCUT2D eigenvalue weighted by Gasteiger charge is 2.13. The molecule has 13 heavy (non-hydrogen) atoms. The fraction of sp³-hybridized carbons (Fsp3) is 0.700. The Balaban J connectivity index is 0.000000845. The molecule has 2 nitrogen and oxygen atoms in total. The Hall–Kier alpha value is -0.500. The summed E-state index contributed by atoms with van der Waals surface area (Å²) < 4.78 is 2.07. The van der Waals surface area contributed by atoms with E-state index in [1.807, 2.05) is 12.3 Å². The van der Waals surface area contributed by atoms with Gasteiger partial charge in [-0.15, -0.1) is 12.4 Å². The molecule has 0 unspecified atom stereocenters. The normalized spacial score (nSPS) is 18.2. The molecule has 1 saturated carbocycles. The number of hydrogen-bond donors (Lipinski definition) is 0. The van der Waals surface area contributed by atoms with Gasteiger partial charge in [0.15, 0.2) is 0 Å². The second-order valence-corrected chi connectivity index (χ2v) is 3.73. The van der Waals surface area contributed by atoms with Gasteiger partial charge in [0.1, 0.15) is 0 Å². The Morgan fingerprint density at radius 2 is 2.00 bits per heavy atom. The second-order valence-electron chi connectivity index (χ2n) is 3.73. The molecule has 0 N–H and O–H groups in total. The summed E-state index contributed by atoms with van der Waals surface area (Å²) in [5, 5.41) is 4.23. The standard InChI is InChI=1S/C10H16N2.ClH/c1-2-5-10(6-3-1)9-12-8-4-7-11-12;/h4,7-8,10H,1-3,5-6,9H2;1H. The van der Waals surface area contributed by atoms with Crippen molar-refractivity contribution in [3.8, 4) is 0 Å². The van der Waals surface area contributed by atoms with Crippen molar-refractivity contribution in [1.29, 1.82) is 0 Å². The molecule has 0 spiro atoms. The highest BCUT2D eigenvalue weighted by molar-refractivity contribution is 5.85. The summed E-state index contributed by atoms with van der Waals surface area (Å²) in [6.07, 6.45) is 11.0. The highest BCUT2D eigenvalue weighted by Crippen LogP contribution is 2.24. The lowest BCUT2D eigenvalue weighted by Crippen LogP contribution is -2.14. The lowest BCUT2D eigenvalue weighted by atomic mass is 9.89. The van der Waals surface area contributed by atoms with Crippen molar-refractivity contribution in [2.24, 2.45) is 5.92 Å². The van der Waals surface area contributed by atoms with Gasteiger partial charge < -0.3 is 0 Å². The van der Waals surface area contributed by atoms with Crippen molar-refractivity contribution in [3.05, 3.63) is 18.5 Å². The zero-order chi connectivity index (χ0) is 8.23. The molecule has 0 aliphatic heterocycles. The Morgan fingerprint density at radius 3 is 2.62 bits per heavy atom. The molecular formula is C10H17ClN2. The topological polar surface area (TPSA) is 17.8 Å². The maximum absolute atomic E-state index is 4.23. The van der Waals surface area contributed by atoms with Crippen molar-refractivity contribution in [2.45, 2.75) is 38.6 Å². The maximum atomic E-state index is 4.23. The monoisotopic (exact) mass is 200 g/mol. The summed E-state index contributed by atoms with van der Waals surface area (Å²) in [6.45, 7) is 1.13. The number of aromatic nitrogens is 2. The Bertz CT molecular complexity index is 215. The molecule has 1 aromatic rings. The van der Waals surface area contributed by atoms with Gasteiger partial charge in [0.25, 0.3) is 0 Å². The summed E-state index contributed by atoms with van der Waals surface area (Å²) in [7, 11) is 0. The van der Waals surface area contributed by atoms with E-state index >= 15 is 0 Å². The molecule has 2 rings (SSSR count). The minimum atomic E-state index is 0. The van der Waals surface area contributed by atoms with Crippen LogP contribution in [0.5, 0.6) is 0 Å². The predicted octanol–water partition coefficient (Wildman–Crippen LogP) is 2.89. The van der Waals surface area contributed by atoms with E-state index in [1.165, 1.54) is 32.1 Å². The molecule has 3 heteroatoms. The van der Waals surface area contributed by atoms with Crippen molar-refractivity contribution in [1.82, 2.24) is 9.78 Å². The van der Waals surface area contributed by atoms with Crippen LogP contribution >= 0.6 is 12.4 Å². The first-order valence-electron chi connectivity index (χ1n) is 4.92. The second kappa shape index (κ2) is 5.28. The van der Waals surface area contributed by atoms with Crippen LogP contribution in [0.3, 0.4) is 0 Å². The van der Waals surface area contributed by atoms with Gasteiger partial charge >= 0.3 is 0 Å². The van der Waals surface area contributed by atoms with Crippen LogP contribution in [0.15, 0.2) is 18.5 Å². The van der Waals surface area contributed by atoms with Crippen LogP contribution in [-0.2, 0) is 6.54 Å². The zero-order valence-electron chi connectivity index (χ0n) is 7.85. The average molecular weight is 201 g/mol. The lowest BCUT2D eigenvalue weighted by molar-refractivity contribution is 0.308. The zero-order valence-corrected chi connectivity index (χ0v) is 8.67. The molecule has 1 heterocycles. The molecule has 0 atom stereocenters. The van der Waals surface area contributed by atoms with Crippen molar-refractivity contribution in [3.63, 3.8) is 0 Å². The molecule has 0 aromatic carbocycles. The smallest absolute Gasteiger partial charge is 0.0489 e. The van der Waals surface area contributed by atoms with Crippen LogP contribution < -0.4 is 0 Å². The molecular weight excluding hydrogens is 184 g/mol. The van der Waals surface area contributed by atoms with E-state index < -0.39 is 0 Å². The van der Waals surface area contributed by atoms with Gasteiger partial charge in [-0.2, -0.15) is 5.10 Å². The van der Waals surface area contributed by atoms with Crippen LogP contribution in [-0.4, -0.2) is 9.78 Å². The summed E-state index contributed by atoms with van der Waals surface area (Å²) in [5.41, 5.74) is 0. The Kier molecular flexibility index (Phi) is 4.29. The van der Waals surface area contributed by atoms with Crippen LogP contribution in [0, 0.1) is 5.92 Å². The number of hydrogen-bond acceptors (Lipinski definition) is 1. The first-order valence-corrected chi connectivity index (χ1v) is 4.92. The maximum Gasteiger partial charge on any atom is 0.0489 e. The first-order chi connectivity index (χ1) is 5.95. The van der Waals surface area contributed by atoms with E-state index in [0.29, 0.717) is 0 Å². The van der Waals surface area contributed by atoms with Gasteiger partial charge in [-0.25, -0.2) is 0 Å².